The first-order valence-electron chi connectivity index (χ1n) is 4.62. The van der Waals surface area contributed by atoms with Crippen molar-refractivity contribution >= 4 is 11.9 Å². The maximum absolute atomic E-state index is 11.4. The van der Waals surface area contributed by atoms with Crippen molar-refractivity contribution in [2.45, 2.75) is 25.7 Å². The van der Waals surface area contributed by atoms with Crippen LogP contribution in [0.25, 0.3) is 0 Å². The number of carbonyl (C=O) groups is 2. The van der Waals surface area contributed by atoms with Crippen LogP contribution in [-0.4, -0.2) is 18.5 Å². The number of hydrogen-bond donors (Lipinski definition) is 1. The average molecular weight is 183 g/mol. The van der Waals surface area contributed by atoms with E-state index >= 15 is 0 Å². The van der Waals surface area contributed by atoms with Gasteiger partial charge in [-0.05, 0) is 31.6 Å². The normalized spacial score (nSPS) is 23.7. The number of primary amides is 1. The number of nitrogens with two attached hydrogens (primary N) is 1. The summed E-state index contributed by atoms with van der Waals surface area (Å²) in [5.74, 6) is -0.409. The Kier molecular flexibility index (Phi) is 1.78. The molecular formula is C9H13NO3. The molecule has 2 aliphatic rings. The highest BCUT2D eigenvalue weighted by Crippen LogP contribution is 2.46. The minimum Gasteiger partial charge on any atom is -0.465 e. The molecule has 0 spiro atoms. The predicted octanol–water partition coefficient (Wildman–Crippen LogP) is 0.205. The zero-order chi connectivity index (χ0) is 9.47. The quantitative estimate of drug-likeness (QED) is 0.500. The van der Waals surface area contributed by atoms with Gasteiger partial charge in [-0.1, -0.05) is 0 Å². The number of rotatable bonds is 4. The van der Waals surface area contributed by atoms with Gasteiger partial charge in [-0.25, -0.2) is 0 Å². The molecule has 0 bridgehead atoms. The molecule has 0 saturated heterocycles. The highest BCUT2D eigenvalue weighted by atomic mass is 16.5. The first-order chi connectivity index (χ1) is 6.15. The van der Waals surface area contributed by atoms with Crippen LogP contribution in [0.5, 0.6) is 0 Å². The predicted molar refractivity (Wildman–Crippen MR) is 44.5 cm³/mol. The Morgan fingerprint density at radius 2 is 2.00 bits per heavy atom. The first-order valence-corrected chi connectivity index (χ1v) is 4.62. The molecule has 0 aliphatic heterocycles. The van der Waals surface area contributed by atoms with Crippen LogP contribution in [0.1, 0.15) is 25.7 Å². The molecule has 1 amide bonds. The van der Waals surface area contributed by atoms with E-state index in [0.717, 1.165) is 12.8 Å². The summed E-state index contributed by atoms with van der Waals surface area (Å²) in [5.41, 5.74) is 4.17. The number of amides is 1. The van der Waals surface area contributed by atoms with Gasteiger partial charge in [0, 0.05) is 0 Å². The molecule has 0 aromatic carbocycles. The summed E-state index contributed by atoms with van der Waals surface area (Å²) in [6.07, 6.45) is 3.39. The Morgan fingerprint density at radius 1 is 1.38 bits per heavy atom. The molecule has 2 N–H and O–H groups in total. The zero-order valence-electron chi connectivity index (χ0n) is 7.41. The van der Waals surface area contributed by atoms with E-state index in [1.54, 1.807) is 0 Å². The van der Waals surface area contributed by atoms with Crippen LogP contribution in [-0.2, 0) is 14.3 Å². The second-order valence-corrected chi connectivity index (χ2v) is 3.99. The Bertz CT molecular complexity index is 254. The summed E-state index contributed by atoms with van der Waals surface area (Å²) in [4.78, 5) is 22.3. The van der Waals surface area contributed by atoms with Crippen molar-refractivity contribution in [2.24, 2.45) is 17.1 Å². The molecule has 0 heterocycles. The van der Waals surface area contributed by atoms with Gasteiger partial charge in [0.2, 0.25) is 5.91 Å². The highest BCUT2D eigenvalue weighted by Gasteiger charge is 2.57. The van der Waals surface area contributed by atoms with Gasteiger partial charge in [0.1, 0.15) is 5.41 Å². The molecule has 13 heavy (non-hydrogen) atoms. The lowest BCUT2D eigenvalue weighted by atomic mass is 10.1. The monoisotopic (exact) mass is 183 g/mol. The zero-order valence-corrected chi connectivity index (χ0v) is 7.41. The number of hydrogen-bond acceptors (Lipinski definition) is 3. The van der Waals surface area contributed by atoms with Gasteiger partial charge in [0.05, 0.1) is 6.61 Å². The number of carbonyl (C=O) groups excluding carboxylic acids is 2. The molecule has 2 saturated carbocycles. The first kappa shape index (κ1) is 8.53. The lowest BCUT2D eigenvalue weighted by molar-refractivity contribution is -0.154. The fourth-order valence-electron chi connectivity index (χ4n) is 1.29. The van der Waals surface area contributed by atoms with Crippen molar-refractivity contribution in [3.8, 4) is 0 Å². The van der Waals surface area contributed by atoms with Gasteiger partial charge in [0.15, 0.2) is 0 Å². The van der Waals surface area contributed by atoms with E-state index in [2.05, 4.69) is 0 Å². The molecule has 2 rings (SSSR count). The van der Waals surface area contributed by atoms with E-state index in [1.807, 2.05) is 0 Å². The molecule has 4 heteroatoms. The topological polar surface area (TPSA) is 69.4 Å². The van der Waals surface area contributed by atoms with E-state index in [9.17, 15) is 9.59 Å². The lowest BCUT2D eigenvalue weighted by Gasteiger charge is -2.09. The van der Waals surface area contributed by atoms with Crippen LogP contribution in [0.15, 0.2) is 0 Å². The van der Waals surface area contributed by atoms with Crippen LogP contribution in [0.2, 0.25) is 0 Å². The Hall–Kier alpha value is -1.06. The van der Waals surface area contributed by atoms with Crippen molar-refractivity contribution in [3.63, 3.8) is 0 Å². The average Bonchev–Trinajstić information content (AvgIpc) is 2.94. The van der Waals surface area contributed by atoms with Gasteiger partial charge in [-0.2, -0.15) is 0 Å². The van der Waals surface area contributed by atoms with Gasteiger partial charge in [0.25, 0.3) is 0 Å². The minimum absolute atomic E-state index is 0.410. The fraction of sp³-hybridized carbons (Fsp3) is 0.778. The van der Waals surface area contributed by atoms with Crippen LogP contribution < -0.4 is 5.73 Å². The largest absolute Gasteiger partial charge is 0.465 e. The van der Waals surface area contributed by atoms with Crippen molar-refractivity contribution in [1.82, 2.24) is 0 Å². The fourth-order valence-corrected chi connectivity index (χ4v) is 1.29. The molecule has 2 aliphatic carbocycles. The summed E-state index contributed by atoms with van der Waals surface area (Å²) in [6, 6.07) is 0. The molecule has 72 valence electrons. The lowest BCUT2D eigenvalue weighted by Crippen LogP contribution is -2.33. The standard InChI is InChI=1S/C9H13NO3/c10-7(11)9(3-4-9)8(12)13-5-6-1-2-6/h6H,1-5H2,(H2,10,11). The van der Waals surface area contributed by atoms with E-state index in [4.69, 9.17) is 10.5 Å². The Balaban J connectivity index is 1.84. The van der Waals surface area contributed by atoms with Crippen molar-refractivity contribution in [2.75, 3.05) is 6.61 Å². The smallest absolute Gasteiger partial charge is 0.321 e. The van der Waals surface area contributed by atoms with Crippen LogP contribution in [0.3, 0.4) is 0 Å². The van der Waals surface area contributed by atoms with Gasteiger partial charge in [-0.3, -0.25) is 9.59 Å². The number of ether oxygens (including phenoxy) is 1. The van der Waals surface area contributed by atoms with Crippen molar-refractivity contribution in [3.05, 3.63) is 0 Å². The third-order valence-corrected chi connectivity index (χ3v) is 2.76. The second kappa shape index (κ2) is 2.72. The third-order valence-electron chi connectivity index (χ3n) is 2.76. The van der Waals surface area contributed by atoms with Gasteiger partial charge in [-0.15, -0.1) is 0 Å². The van der Waals surface area contributed by atoms with Gasteiger partial charge < -0.3 is 10.5 Å². The van der Waals surface area contributed by atoms with Crippen molar-refractivity contribution in [1.29, 1.82) is 0 Å². The summed E-state index contributed by atoms with van der Waals surface area (Å²) >= 11 is 0. The van der Waals surface area contributed by atoms with E-state index < -0.39 is 17.3 Å². The second-order valence-electron chi connectivity index (χ2n) is 3.99. The summed E-state index contributed by atoms with van der Waals surface area (Å²) in [5, 5.41) is 0. The molecule has 2 fully saturated rings. The molecule has 0 atom stereocenters. The molecular weight excluding hydrogens is 170 g/mol. The molecule has 0 radical (unpaired) electrons. The van der Waals surface area contributed by atoms with E-state index in [-0.39, 0.29) is 0 Å². The third kappa shape index (κ3) is 1.53. The van der Waals surface area contributed by atoms with E-state index in [0.29, 0.717) is 25.4 Å². The van der Waals surface area contributed by atoms with Gasteiger partial charge >= 0.3 is 5.97 Å². The summed E-state index contributed by atoms with van der Waals surface area (Å²) in [6.45, 7) is 0.466. The molecule has 0 unspecified atom stereocenters. The highest BCUT2D eigenvalue weighted by molar-refractivity contribution is 6.04. The maximum Gasteiger partial charge on any atom is 0.321 e. The summed E-state index contributed by atoms with van der Waals surface area (Å²) < 4.78 is 5.01. The number of esters is 1. The molecule has 0 aromatic heterocycles. The summed E-state index contributed by atoms with van der Waals surface area (Å²) in [7, 11) is 0. The van der Waals surface area contributed by atoms with Crippen LogP contribution >= 0.6 is 0 Å². The molecule has 4 nitrogen and oxygen atoms in total. The molecule has 0 aromatic rings. The van der Waals surface area contributed by atoms with E-state index in [1.165, 1.54) is 0 Å². The Labute approximate surface area is 76.4 Å². The SMILES string of the molecule is NC(=O)C1(C(=O)OCC2CC2)CC1. The minimum atomic E-state index is -0.950. The maximum atomic E-state index is 11.4. The Morgan fingerprint density at radius 3 is 2.38 bits per heavy atom. The van der Waals surface area contributed by atoms with Crippen LogP contribution in [0.4, 0.5) is 0 Å². The van der Waals surface area contributed by atoms with Crippen molar-refractivity contribution < 1.29 is 14.3 Å². The van der Waals surface area contributed by atoms with Crippen LogP contribution in [0, 0.1) is 11.3 Å².